The molecule has 1 aromatic rings. The molecule has 136 valence electrons. The molecule has 2 bridgehead atoms. The lowest BCUT2D eigenvalue weighted by Crippen LogP contribution is -2.39. The minimum Gasteiger partial charge on any atom is -0.325 e. The number of allylic oxidation sites excluding steroid dienone is 2. The Morgan fingerprint density at radius 2 is 1.73 bits per heavy atom. The third-order valence-corrected chi connectivity index (χ3v) is 5.34. The number of alkyl halides is 3. The number of rotatable bonds is 3. The first-order valence-electron chi connectivity index (χ1n) is 8.26. The molecule has 1 aromatic carbocycles. The number of benzene rings is 1. The summed E-state index contributed by atoms with van der Waals surface area (Å²) in [6.45, 7) is -0.486. The second kappa shape index (κ2) is 5.69. The van der Waals surface area contributed by atoms with E-state index in [-0.39, 0.29) is 29.3 Å². The first kappa shape index (κ1) is 16.8. The number of anilines is 1. The van der Waals surface area contributed by atoms with E-state index in [2.05, 4.69) is 5.32 Å². The summed E-state index contributed by atoms with van der Waals surface area (Å²) in [5.74, 6) is -2.16. The van der Waals surface area contributed by atoms with Gasteiger partial charge in [0.1, 0.15) is 6.54 Å². The lowest BCUT2D eigenvalue weighted by atomic mass is 9.85. The van der Waals surface area contributed by atoms with E-state index >= 15 is 0 Å². The molecule has 8 heteroatoms. The molecule has 26 heavy (non-hydrogen) atoms. The first-order valence-corrected chi connectivity index (χ1v) is 8.26. The van der Waals surface area contributed by atoms with E-state index in [1.54, 1.807) is 0 Å². The molecule has 1 N–H and O–H groups in total. The molecular formula is C18H15F3N2O3. The number of amides is 3. The van der Waals surface area contributed by atoms with Crippen molar-refractivity contribution in [2.45, 2.75) is 12.6 Å². The Labute approximate surface area is 146 Å². The molecular weight excluding hydrogens is 349 g/mol. The maximum atomic E-state index is 12.7. The maximum absolute atomic E-state index is 12.7. The predicted molar refractivity (Wildman–Crippen MR) is 84.5 cm³/mol. The van der Waals surface area contributed by atoms with Gasteiger partial charge < -0.3 is 5.32 Å². The number of likely N-dealkylation sites (tertiary alicyclic amines) is 1. The van der Waals surface area contributed by atoms with Crippen LogP contribution < -0.4 is 5.32 Å². The van der Waals surface area contributed by atoms with E-state index in [4.69, 9.17) is 0 Å². The van der Waals surface area contributed by atoms with Crippen LogP contribution in [0.3, 0.4) is 0 Å². The summed E-state index contributed by atoms with van der Waals surface area (Å²) in [7, 11) is 0. The van der Waals surface area contributed by atoms with Crippen LogP contribution in [-0.2, 0) is 20.6 Å². The van der Waals surface area contributed by atoms with Crippen LogP contribution >= 0.6 is 0 Å². The molecule has 0 radical (unpaired) electrons. The average Bonchev–Trinajstić information content (AvgIpc) is 3.24. The Bertz CT molecular complexity index is 803. The van der Waals surface area contributed by atoms with Crippen molar-refractivity contribution < 1.29 is 27.6 Å². The van der Waals surface area contributed by atoms with E-state index in [0.29, 0.717) is 0 Å². The van der Waals surface area contributed by atoms with Gasteiger partial charge in [-0.2, -0.15) is 13.2 Å². The number of hydrogen-bond acceptors (Lipinski definition) is 3. The second-order valence-electron chi connectivity index (χ2n) is 6.89. The van der Waals surface area contributed by atoms with Crippen molar-refractivity contribution in [1.82, 2.24) is 4.90 Å². The minimum atomic E-state index is -4.52. The van der Waals surface area contributed by atoms with Crippen molar-refractivity contribution in [3.63, 3.8) is 0 Å². The van der Waals surface area contributed by atoms with Crippen molar-refractivity contribution in [2.24, 2.45) is 23.7 Å². The number of hydrogen-bond donors (Lipinski definition) is 1. The third-order valence-electron chi connectivity index (χ3n) is 5.34. The van der Waals surface area contributed by atoms with Crippen molar-refractivity contribution in [1.29, 1.82) is 0 Å². The first-order chi connectivity index (χ1) is 12.3. The van der Waals surface area contributed by atoms with E-state index in [1.165, 1.54) is 12.1 Å². The van der Waals surface area contributed by atoms with Gasteiger partial charge in [0.25, 0.3) is 0 Å². The average molecular weight is 364 g/mol. The molecule has 0 unspecified atom stereocenters. The minimum absolute atomic E-state index is 0.0362. The van der Waals surface area contributed by atoms with Gasteiger partial charge >= 0.3 is 6.18 Å². The number of imide groups is 1. The number of halogens is 3. The van der Waals surface area contributed by atoms with E-state index in [1.807, 2.05) is 12.2 Å². The van der Waals surface area contributed by atoms with Crippen molar-refractivity contribution in [3.8, 4) is 0 Å². The summed E-state index contributed by atoms with van der Waals surface area (Å²) < 4.78 is 38.2. The highest BCUT2D eigenvalue weighted by molar-refractivity contribution is 6.09. The van der Waals surface area contributed by atoms with Crippen LogP contribution in [0, 0.1) is 23.7 Å². The molecule has 2 aliphatic carbocycles. The zero-order valence-electron chi connectivity index (χ0n) is 13.5. The molecule has 0 spiro atoms. The Morgan fingerprint density at radius 1 is 1.12 bits per heavy atom. The number of carbonyl (C=O) groups excluding carboxylic acids is 3. The van der Waals surface area contributed by atoms with Gasteiger partial charge in [-0.25, -0.2) is 0 Å². The molecule has 3 amide bonds. The van der Waals surface area contributed by atoms with Gasteiger partial charge in [0.2, 0.25) is 17.7 Å². The second-order valence-corrected chi connectivity index (χ2v) is 6.89. The summed E-state index contributed by atoms with van der Waals surface area (Å²) in [5.41, 5.74) is -0.924. The van der Waals surface area contributed by atoms with E-state index in [0.717, 1.165) is 23.5 Å². The van der Waals surface area contributed by atoms with Crippen LogP contribution in [0.4, 0.5) is 18.9 Å². The smallest absolute Gasteiger partial charge is 0.325 e. The largest absolute Gasteiger partial charge is 0.416 e. The number of carbonyl (C=O) groups is 3. The van der Waals surface area contributed by atoms with Crippen LogP contribution in [0.25, 0.3) is 0 Å². The fourth-order valence-electron chi connectivity index (χ4n) is 4.24. The van der Waals surface area contributed by atoms with Crippen molar-refractivity contribution in [3.05, 3.63) is 42.0 Å². The summed E-state index contributed by atoms with van der Waals surface area (Å²) in [4.78, 5) is 38.1. The Balaban J connectivity index is 1.45. The summed E-state index contributed by atoms with van der Waals surface area (Å²) >= 11 is 0. The molecule has 1 aliphatic heterocycles. The SMILES string of the molecule is O=C(CN1C(=O)[C@H]2[C@H](C1=O)[C@H]1C=C[C@H]2C1)Nc1cccc(C(F)(F)F)c1. The molecule has 1 saturated heterocycles. The van der Waals surface area contributed by atoms with E-state index < -0.39 is 36.0 Å². The number of nitrogens with zero attached hydrogens (tertiary/aromatic N) is 1. The van der Waals surface area contributed by atoms with Crippen LogP contribution in [0.1, 0.15) is 12.0 Å². The summed E-state index contributed by atoms with van der Waals surface area (Å²) in [6.07, 6.45) is 0.162. The standard InChI is InChI=1S/C18H15F3N2O3/c19-18(20,21)11-2-1-3-12(7-11)22-13(24)8-23-16(25)14-9-4-5-10(6-9)15(14)17(23)26/h1-5,7,9-10,14-15H,6,8H2,(H,22,24)/t9-,10-,14+,15+/m0/s1. The molecule has 4 rings (SSSR count). The fraction of sp³-hybridized carbons (Fsp3) is 0.389. The Hall–Kier alpha value is -2.64. The highest BCUT2D eigenvalue weighted by Gasteiger charge is 2.59. The molecule has 1 heterocycles. The number of fused-ring (bicyclic) bond motifs is 5. The van der Waals surface area contributed by atoms with Crippen molar-refractivity contribution in [2.75, 3.05) is 11.9 Å². The van der Waals surface area contributed by atoms with Crippen LogP contribution in [0.5, 0.6) is 0 Å². The summed E-state index contributed by atoms with van der Waals surface area (Å²) in [5, 5.41) is 2.33. The monoisotopic (exact) mass is 364 g/mol. The van der Waals surface area contributed by atoms with Crippen LogP contribution in [0.2, 0.25) is 0 Å². The van der Waals surface area contributed by atoms with Gasteiger partial charge in [-0.3, -0.25) is 19.3 Å². The molecule has 5 nitrogen and oxygen atoms in total. The summed E-state index contributed by atoms with van der Waals surface area (Å²) in [6, 6.07) is 4.20. The van der Waals surface area contributed by atoms with Crippen LogP contribution in [0.15, 0.2) is 36.4 Å². The van der Waals surface area contributed by atoms with E-state index in [9.17, 15) is 27.6 Å². The zero-order chi connectivity index (χ0) is 18.6. The topological polar surface area (TPSA) is 66.5 Å². The normalized spacial score (nSPS) is 29.4. The fourth-order valence-corrected chi connectivity index (χ4v) is 4.24. The van der Waals surface area contributed by atoms with Gasteiger partial charge in [0.05, 0.1) is 17.4 Å². The lowest BCUT2D eigenvalue weighted by molar-refractivity contribution is -0.143. The van der Waals surface area contributed by atoms with Gasteiger partial charge in [0, 0.05) is 5.69 Å². The predicted octanol–water partition coefficient (Wildman–Crippen LogP) is 2.45. The highest BCUT2D eigenvalue weighted by Crippen LogP contribution is 2.52. The molecule has 3 aliphatic rings. The van der Waals surface area contributed by atoms with Crippen LogP contribution in [-0.4, -0.2) is 29.2 Å². The van der Waals surface area contributed by atoms with Gasteiger partial charge in [0.15, 0.2) is 0 Å². The van der Waals surface area contributed by atoms with Gasteiger partial charge in [-0.15, -0.1) is 0 Å². The molecule has 1 saturated carbocycles. The quantitative estimate of drug-likeness (QED) is 0.662. The lowest BCUT2D eigenvalue weighted by Gasteiger charge is -2.17. The highest BCUT2D eigenvalue weighted by atomic mass is 19.4. The Kier molecular flexibility index (Phi) is 3.68. The van der Waals surface area contributed by atoms with Gasteiger partial charge in [-0.1, -0.05) is 18.2 Å². The maximum Gasteiger partial charge on any atom is 0.416 e. The molecule has 2 fully saturated rings. The van der Waals surface area contributed by atoms with Gasteiger partial charge in [-0.05, 0) is 36.5 Å². The molecule has 4 atom stereocenters. The third kappa shape index (κ3) is 2.60. The Morgan fingerprint density at radius 3 is 2.31 bits per heavy atom. The number of nitrogens with one attached hydrogen (secondary N) is 1. The zero-order valence-corrected chi connectivity index (χ0v) is 13.5. The van der Waals surface area contributed by atoms with Crippen molar-refractivity contribution >= 4 is 23.4 Å². The molecule has 0 aromatic heterocycles.